The molecule has 5 nitrogen and oxygen atoms in total. The summed E-state index contributed by atoms with van der Waals surface area (Å²) in [6.07, 6.45) is 20.4. The molecule has 0 fully saturated rings. The fraction of sp³-hybridized carbons (Fsp3) is 0.760. The first-order valence-electron chi connectivity index (χ1n) is 12.2. The van der Waals surface area contributed by atoms with Gasteiger partial charge in [-0.3, -0.25) is 9.59 Å². The molecule has 0 atom stereocenters. The maximum Gasteiger partial charge on any atom is 0.255 e. The molecule has 0 aliphatic carbocycles. The molecule has 1 rings (SSSR count). The second-order valence-electron chi connectivity index (χ2n) is 8.58. The summed E-state index contributed by atoms with van der Waals surface area (Å²) in [7, 11) is 0. The van der Waals surface area contributed by atoms with Gasteiger partial charge in [0.2, 0.25) is 0 Å². The van der Waals surface area contributed by atoms with E-state index in [4.69, 9.17) is 0 Å². The molecule has 0 aromatic carbocycles. The zero-order valence-electron chi connectivity index (χ0n) is 19.3. The van der Waals surface area contributed by atoms with Gasteiger partial charge in [0, 0.05) is 19.5 Å². The summed E-state index contributed by atoms with van der Waals surface area (Å²) in [5.74, 6) is -1.45. The van der Waals surface area contributed by atoms with E-state index in [0.717, 1.165) is 25.3 Å². The molecule has 0 radical (unpaired) electrons. The lowest BCUT2D eigenvalue weighted by molar-refractivity contribution is 0.0998. The number of aromatic nitrogens is 1. The van der Waals surface area contributed by atoms with Crippen LogP contribution in [0.2, 0.25) is 0 Å². The molecule has 0 saturated heterocycles. The quantitative estimate of drug-likeness (QED) is 0.203. The van der Waals surface area contributed by atoms with Crippen LogP contribution in [0.3, 0.4) is 0 Å². The number of ketones is 1. The van der Waals surface area contributed by atoms with E-state index >= 15 is 0 Å². The van der Waals surface area contributed by atoms with Crippen molar-refractivity contribution in [3.63, 3.8) is 0 Å². The minimum absolute atomic E-state index is 0.0963. The smallest absolute Gasteiger partial charge is 0.255 e. The van der Waals surface area contributed by atoms with Crippen molar-refractivity contribution in [2.45, 2.75) is 123 Å². The standard InChI is InChI=1S/C25H43NO4/c1-3-4-5-6-7-8-9-10-11-12-13-14-15-16-17-18-19-26-23(29)20-22(28)25(30)24(26)21(2)27/h20,28,30H,3-19H2,1-2H3. The minimum Gasteiger partial charge on any atom is -0.504 e. The van der Waals surface area contributed by atoms with Gasteiger partial charge in [0.25, 0.3) is 5.56 Å². The molecule has 30 heavy (non-hydrogen) atoms. The Kier molecular flexibility index (Phi) is 14.0. The van der Waals surface area contributed by atoms with Crippen LogP contribution < -0.4 is 5.56 Å². The van der Waals surface area contributed by atoms with Crippen molar-refractivity contribution >= 4 is 5.78 Å². The Morgan fingerprint density at radius 1 is 0.767 bits per heavy atom. The SMILES string of the molecule is CCCCCCCCCCCCCCCCCCn1c(C(C)=O)c(O)c(O)cc1=O. The van der Waals surface area contributed by atoms with Gasteiger partial charge in [0.05, 0.1) is 0 Å². The Balaban J connectivity index is 2.05. The predicted molar refractivity (Wildman–Crippen MR) is 124 cm³/mol. The van der Waals surface area contributed by atoms with Gasteiger partial charge in [-0.05, 0) is 6.42 Å². The fourth-order valence-corrected chi connectivity index (χ4v) is 4.02. The number of carbonyl (C=O) groups is 1. The molecule has 0 unspecified atom stereocenters. The number of unbranched alkanes of at least 4 members (excludes halogenated alkanes) is 15. The number of pyridine rings is 1. The van der Waals surface area contributed by atoms with E-state index in [-0.39, 0.29) is 5.69 Å². The van der Waals surface area contributed by atoms with Crippen molar-refractivity contribution in [3.8, 4) is 11.5 Å². The Hall–Kier alpha value is -1.78. The van der Waals surface area contributed by atoms with Crippen LogP contribution in [-0.2, 0) is 6.54 Å². The van der Waals surface area contributed by atoms with Gasteiger partial charge >= 0.3 is 0 Å². The first-order valence-corrected chi connectivity index (χ1v) is 12.2. The normalized spacial score (nSPS) is 11.1. The van der Waals surface area contributed by atoms with Gasteiger partial charge < -0.3 is 14.8 Å². The Morgan fingerprint density at radius 2 is 1.17 bits per heavy atom. The molecular formula is C25H43NO4. The minimum atomic E-state index is -0.534. The zero-order chi connectivity index (χ0) is 22.2. The fourth-order valence-electron chi connectivity index (χ4n) is 4.02. The third-order valence-electron chi connectivity index (χ3n) is 5.83. The third-order valence-corrected chi connectivity index (χ3v) is 5.83. The van der Waals surface area contributed by atoms with Crippen LogP contribution in [0.4, 0.5) is 0 Å². The summed E-state index contributed by atoms with van der Waals surface area (Å²) in [6, 6.07) is 0.967. The molecule has 1 aromatic heterocycles. The van der Waals surface area contributed by atoms with E-state index in [1.165, 1.54) is 95.0 Å². The largest absolute Gasteiger partial charge is 0.504 e. The van der Waals surface area contributed by atoms with Crippen LogP contribution in [0.5, 0.6) is 11.5 Å². The van der Waals surface area contributed by atoms with E-state index in [1.54, 1.807) is 0 Å². The summed E-state index contributed by atoms with van der Waals surface area (Å²) >= 11 is 0. The average molecular weight is 422 g/mol. The molecule has 172 valence electrons. The Bertz CT molecular complexity index is 666. The monoisotopic (exact) mass is 421 g/mol. The van der Waals surface area contributed by atoms with Crippen LogP contribution in [0.1, 0.15) is 127 Å². The average Bonchev–Trinajstić information content (AvgIpc) is 2.70. The van der Waals surface area contributed by atoms with E-state index in [1.807, 2.05) is 0 Å². The molecular weight excluding hydrogens is 378 g/mol. The lowest BCUT2D eigenvalue weighted by Crippen LogP contribution is -2.24. The first-order chi connectivity index (χ1) is 14.5. The van der Waals surface area contributed by atoms with Gasteiger partial charge in [-0.15, -0.1) is 0 Å². The summed E-state index contributed by atoms with van der Waals surface area (Å²) in [6.45, 7) is 3.94. The number of rotatable bonds is 18. The number of aromatic hydroxyl groups is 2. The summed E-state index contributed by atoms with van der Waals surface area (Å²) < 4.78 is 1.28. The van der Waals surface area contributed by atoms with E-state index in [0.29, 0.717) is 6.54 Å². The van der Waals surface area contributed by atoms with E-state index < -0.39 is 22.8 Å². The Morgan fingerprint density at radius 3 is 1.57 bits per heavy atom. The van der Waals surface area contributed by atoms with Gasteiger partial charge in [-0.25, -0.2) is 0 Å². The molecule has 0 saturated carbocycles. The van der Waals surface area contributed by atoms with Crippen molar-refractivity contribution in [3.05, 3.63) is 22.1 Å². The topological polar surface area (TPSA) is 79.5 Å². The van der Waals surface area contributed by atoms with Crippen LogP contribution >= 0.6 is 0 Å². The van der Waals surface area contributed by atoms with Crippen molar-refractivity contribution in [1.29, 1.82) is 0 Å². The lowest BCUT2D eigenvalue weighted by atomic mass is 10.0. The van der Waals surface area contributed by atoms with Crippen molar-refractivity contribution < 1.29 is 15.0 Å². The van der Waals surface area contributed by atoms with Crippen LogP contribution in [0.25, 0.3) is 0 Å². The van der Waals surface area contributed by atoms with E-state index in [2.05, 4.69) is 6.92 Å². The molecule has 5 heteroatoms. The van der Waals surface area contributed by atoms with Crippen molar-refractivity contribution in [1.82, 2.24) is 4.57 Å². The second kappa shape index (κ2) is 16.0. The summed E-state index contributed by atoms with van der Waals surface area (Å²) in [5, 5.41) is 19.4. The maximum atomic E-state index is 12.0. The second-order valence-corrected chi connectivity index (χ2v) is 8.58. The van der Waals surface area contributed by atoms with Gasteiger partial charge in [0.15, 0.2) is 17.3 Å². The highest BCUT2D eigenvalue weighted by molar-refractivity contribution is 5.95. The third kappa shape index (κ3) is 10.3. The van der Waals surface area contributed by atoms with Crippen molar-refractivity contribution in [2.75, 3.05) is 0 Å². The van der Waals surface area contributed by atoms with Crippen LogP contribution in [0.15, 0.2) is 10.9 Å². The lowest BCUT2D eigenvalue weighted by Gasteiger charge is -2.13. The molecule has 2 N–H and O–H groups in total. The summed E-state index contributed by atoms with van der Waals surface area (Å²) in [4.78, 5) is 23.8. The number of nitrogens with zero attached hydrogens (tertiary/aromatic N) is 1. The van der Waals surface area contributed by atoms with Crippen LogP contribution in [-0.4, -0.2) is 20.6 Å². The highest BCUT2D eigenvalue weighted by Crippen LogP contribution is 2.27. The van der Waals surface area contributed by atoms with Gasteiger partial charge in [0.1, 0.15) is 5.69 Å². The molecule has 0 aliphatic heterocycles. The Labute approximate surface area is 182 Å². The number of carbonyl (C=O) groups excluding carboxylic acids is 1. The summed E-state index contributed by atoms with van der Waals surface area (Å²) in [5.41, 5.74) is -0.544. The highest BCUT2D eigenvalue weighted by atomic mass is 16.3. The molecule has 0 aliphatic rings. The maximum absolute atomic E-state index is 12.0. The number of hydrogen-bond acceptors (Lipinski definition) is 4. The molecule has 0 spiro atoms. The first kappa shape index (κ1) is 26.3. The van der Waals surface area contributed by atoms with Crippen molar-refractivity contribution in [2.24, 2.45) is 0 Å². The van der Waals surface area contributed by atoms with Gasteiger partial charge in [-0.1, -0.05) is 103 Å². The van der Waals surface area contributed by atoms with Gasteiger partial charge in [-0.2, -0.15) is 0 Å². The number of hydrogen-bond donors (Lipinski definition) is 2. The van der Waals surface area contributed by atoms with E-state index in [9.17, 15) is 19.8 Å². The highest BCUT2D eigenvalue weighted by Gasteiger charge is 2.17. The number of Topliss-reactive ketones (excluding diaryl/α,β-unsaturated/α-hetero) is 1. The predicted octanol–water partition coefficient (Wildman–Crippen LogP) is 6.72. The molecule has 0 amide bonds. The zero-order valence-corrected chi connectivity index (χ0v) is 19.3. The molecule has 1 aromatic rings. The van der Waals surface area contributed by atoms with Crippen LogP contribution in [0, 0.1) is 0 Å². The molecule has 0 bridgehead atoms. The molecule has 1 heterocycles.